The molecule has 0 bridgehead atoms. The van der Waals surface area contributed by atoms with E-state index < -0.39 is 21.7 Å². The molecule has 0 aliphatic carbocycles. The van der Waals surface area contributed by atoms with Crippen LogP contribution in [0.4, 0.5) is 14.5 Å². The second-order valence-corrected chi connectivity index (χ2v) is 6.23. The molecule has 0 atom stereocenters. The van der Waals surface area contributed by atoms with Crippen LogP contribution < -0.4 is 4.72 Å². The van der Waals surface area contributed by atoms with Crippen LogP contribution >= 0.6 is 11.6 Å². The van der Waals surface area contributed by atoms with Crippen LogP contribution in [0, 0.1) is 18.6 Å². The lowest BCUT2D eigenvalue weighted by Gasteiger charge is -2.11. The standard InChI is InChI=1S/C13H10ClF2NO2S/c1-8-6-9(15)2-5-13(8)17-20(18,19)10-3-4-12(16)11(14)7-10/h2-7,17H,1H3. The first-order valence-electron chi connectivity index (χ1n) is 5.53. The average molecular weight is 318 g/mol. The maximum absolute atomic E-state index is 13.0. The molecule has 1 N–H and O–H groups in total. The van der Waals surface area contributed by atoms with Gasteiger partial charge in [-0.1, -0.05) is 11.6 Å². The van der Waals surface area contributed by atoms with Gasteiger partial charge in [0.1, 0.15) is 11.6 Å². The predicted octanol–water partition coefficient (Wildman–Crippen LogP) is 3.73. The topological polar surface area (TPSA) is 46.2 Å². The Bertz CT molecular complexity index is 763. The number of hydrogen-bond donors (Lipinski definition) is 1. The summed E-state index contributed by atoms with van der Waals surface area (Å²) in [7, 11) is -3.91. The van der Waals surface area contributed by atoms with Gasteiger partial charge >= 0.3 is 0 Å². The molecule has 0 fully saturated rings. The molecule has 0 radical (unpaired) electrons. The van der Waals surface area contributed by atoms with E-state index in [4.69, 9.17) is 11.6 Å². The highest BCUT2D eigenvalue weighted by Crippen LogP contribution is 2.23. The van der Waals surface area contributed by atoms with Crippen LogP contribution in [0.1, 0.15) is 5.56 Å². The molecule has 0 saturated heterocycles. The predicted molar refractivity (Wildman–Crippen MR) is 73.4 cm³/mol. The van der Waals surface area contributed by atoms with Gasteiger partial charge in [0, 0.05) is 0 Å². The van der Waals surface area contributed by atoms with Gasteiger partial charge in [0.25, 0.3) is 10.0 Å². The van der Waals surface area contributed by atoms with Crippen molar-refractivity contribution < 1.29 is 17.2 Å². The normalized spacial score (nSPS) is 11.4. The molecular weight excluding hydrogens is 308 g/mol. The molecule has 0 amide bonds. The third-order valence-electron chi connectivity index (χ3n) is 2.63. The molecule has 0 aromatic heterocycles. The summed E-state index contributed by atoms with van der Waals surface area (Å²) >= 11 is 5.56. The number of nitrogens with one attached hydrogen (secondary N) is 1. The van der Waals surface area contributed by atoms with Gasteiger partial charge in [-0.25, -0.2) is 17.2 Å². The van der Waals surface area contributed by atoms with Crippen molar-refractivity contribution in [1.82, 2.24) is 0 Å². The van der Waals surface area contributed by atoms with Gasteiger partial charge in [0.15, 0.2) is 0 Å². The third-order valence-corrected chi connectivity index (χ3v) is 4.29. The van der Waals surface area contributed by atoms with Crippen molar-refractivity contribution in [2.24, 2.45) is 0 Å². The van der Waals surface area contributed by atoms with E-state index in [0.717, 1.165) is 24.3 Å². The maximum Gasteiger partial charge on any atom is 0.261 e. The minimum atomic E-state index is -3.91. The van der Waals surface area contributed by atoms with Crippen molar-refractivity contribution in [2.45, 2.75) is 11.8 Å². The molecule has 0 unspecified atom stereocenters. The number of halogens is 3. The number of rotatable bonds is 3. The number of hydrogen-bond acceptors (Lipinski definition) is 2. The Morgan fingerprint density at radius 1 is 1.10 bits per heavy atom. The lowest BCUT2D eigenvalue weighted by Crippen LogP contribution is -2.14. The highest BCUT2D eigenvalue weighted by Gasteiger charge is 2.17. The van der Waals surface area contributed by atoms with Crippen LogP contribution in [0.15, 0.2) is 41.3 Å². The second-order valence-electron chi connectivity index (χ2n) is 4.14. The highest BCUT2D eigenvalue weighted by molar-refractivity contribution is 7.92. The van der Waals surface area contributed by atoms with E-state index in [1.54, 1.807) is 6.92 Å². The molecule has 2 aromatic rings. The monoisotopic (exact) mass is 317 g/mol. The van der Waals surface area contributed by atoms with Crippen molar-refractivity contribution in [2.75, 3.05) is 4.72 Å². The summed E-state index contributed by atoms with van der Waals surface area (Å²) in [5.74, 6) is -1.17. The summed E-state index contributed by atoms with van der Waals surface area (Å²) in [6, 6.07) is 6.74. The summed E-state index contributed by atoms with van der Waals surface area (Å²) < 4.78 is 52.5. The van der Waals surface area contributed by atoms with Crippen LogP contribution in [-0.4, -0.2) is 8.42 Å². The lowest BCUT2D eigenvalue weighted by molar-refractivity contribution is 0.599. The molecule has 0 aliphatic rings. The zero-order chi connectivity index (χ0) is 14.9. The van der Waals surface area contributed by atoms with Crippen LogP contribution in [0.25, 0.3) is 0 Å². The number of sulfonamides is 1. The fourth-order valence-corrected chi connectivity index (χ4v) is 2.99. The Balaban J connectivity index is 2.38. The summed E-state index contributed by atoms with van der Waals surface area (Å²) in [6.07, 6.45) is 0. The first-order chi connectivity index (χ1) is 9.29. The van der Waals surface area contributed by atoms with Gasteiger partial charge in [-0.05, 0) is 48.9 Å². The lowest BCUT2D eigenvalue weighted by atomic mass is 10.2. The quantitative estimate of drug-likeness (QED) is 0.937. The molecule has 0 saturated carbocycles. The number of aryl methyl sites for hydroxylation is 1. The van der Waals surface area contributed by atoms with Crippen molar-refractivity contribution in [3.63, 3.8) is 0 Å². The van der Waals surface area contributed by atoms with E-state index in [0.29, 0.717) is 5.56 Å². The molecular formula is C13H10ClF2NO2S. The van der Waals surface area contributed by atoms with Gasteiger partial charge in [-0.3, -0.25) is 4.72 Å². The fraction of sp³-hybridized carbons (Fsp3) is 0.0769. The summed E-state index contributed by atoms with van der Waals surface area (Å²) in [4.78, 5) is -0.173. The number of benzene rings is 2. The SMILES string of the molecule is Cc1cc(F)ccc1NS(=O)(=O)c1ccc(F)c(Cl)c1. The zero-order valence-corrected chi connectivity index (χ0v) is 11.9. The van der Waals surface area contributed by atoms with E-state index in [2.05, 4.69) is 4.72 Å². The minimum Gasteiger partial charge on any atom is -0.279 e. The fourth-order valence-electron chi connectivity index (χ4n) is 1.59. The van der Waals surface area contributed by atoms with E-state index in [-0.39, 0.29) is 15.6 Å². The van der Waals surface area contributed by atoms with Gasteiger partial charge < -0.3 is 0 Å². The zero-order valence-electron chi connectivity index (χ0n) is 10.3. The molecule has 2 aromatic carbocycles. The smallest absolute Gasteiger partial charge is 0.261 e. The second kappa shape index (κ2) is 5.38. The Morgan fingerprint density at radius 3 is 2.40 bits per heavy atom. The van der Waals surface area contributed by atoms with Crippen LogP contribution in [0.5, 0.6) is 0 Å². The minimum absolute atomic E-state index is 0.173. The van der Waals surface area contributed by atoms with Crippen molar-refractivity contribution in [3.05, 3.63) is 58.6 Å². The highest BCUT2D eigenvalue weighted by atomic mass is 35.5. The van der Waals surface area contributed by atoms with Crippen LogP contribution in [-0.2, 0) is 10.0 Å². The van der Waals surface area contributed by atoms with Gasteiger partial charge in [-0.2, -0.15) is 0 Å². The molecule has 106 valence electrons. The van der Waals surface area contributed by atoms with Crippen molar-refractivity contribution >= 4 is 27.3 Å². The first-order valence-corrected chi connectivity index (χ1v) is 7.40. The third kappa shape index (κ3) is 3.08. The van der Waals surface area contributed by atoms with E-state index in [9.17, 15) is 17.2 Å². The molecule has 20 heavy (non-hydrogen) atoms. The Hall–Kier alpha value is -1.66. The van der Waals surface area contributed by atoms with Crippen LogP contribution in [0.3, 0.4) is 0 Å². The van der Waals surface area contributed by atoms with E-state index in [1.807, 2.05) is 0 Å². The van der Waals surface area contributed by atoms with E-state index >= 15 is 0 Å². The van der Waals surface area contributed by atoms with Crippen LogP contribution in [0.2, 0.25) is 5.02 Å². The van der Waals surface area contributed by atoms with E-state index in [1.165, 1.54) is 12.1 Å². The summed E-state index contributed by atoms with van der Waals surface area (Å²) in [5.41, 5.74) is 0.675. The molecule has 0 aliphatic heterocycles. The Morgan fingerprint density at radius 2 is 1.80 bits per heavy atom. The molecule has 2 rings (SSSR count). The van der Waals surface area contributed by atoms with Crippen molar-refractivity contribution in [1.29, 1.82) is 0 Å². The first kappa shape index (κ1) is 14.7. The van der Waals surface area contributed by atoms with Gasteiger partial charge in [0.2, 0.25) is 0 Å². The Labute approximate surface area is 120 Å². The largest absolute Gasteiger partial charge is 0.279 e. The molecule has 0 spiro atoms. The summed E-state index contributed by atoms with van der Waals surface area (Å²) in [5, 5.41) is -0.288. The number of anilines is 1. The van der Waals surface area contributed by atoms with Gasteiger partial charge in [-0.15, -0.1) is 0 Å². The molecule has 7 heteroatoms. The molecule has 3 nitrogen and oxygen atoms in total. The molecule has 0 heterocycles. The Kier molecular flexibility index (Phi) is 3.96. The average Bonchev–Trinajstić information content (AvgIpc) is 2.36. The van der Waals surface area contributed by atoms with Crippen molar-refractivity contribution in [3.8, 4) is 0 Å². The summed E-state index contributed by atoms with van der Waals surface area (Å²) in [6.45, 7) is 1.57. The van der Waals surface area contributed by atoms with Gasteiger partial charge in [0.05, 0.1) is 15.6 Å². The maximum atomic E-state index is 13.0.